The normalized spacial score (nSPS) is 21.4. The zero-order valence-corrected chi connectivity index (χ0v) is 22.0. The van der Waals surface area contributed by atoms with Gasteiger partial charge in [0.25, 0.3) is 5.91 Å². The van der Waals surface area contributed by atoms with Crippen LogP contribution in [0.25, 0.3) is 0 Å². The molecule has 1 aromatic carbocycles. The second-order valence-electron chi connectivity index (χ2n) is 8.80. The molecule has 4 rings (SSSR count). The van der Waals surface area contributed by atoms with E-state index in [2.05, 4.69) is 39.5 Å². The maximum absolute atomic E-state index is 11.7. The van der Waals surface area contributed by atoms with Crippen LogP contribution in [0.3, 0.4) is 0 Å². The number of rotatable bonds is 9. The Bertz CT molecular complexity index is 766. The minimum atomic E-state index is -0.0420. The largest absolute Gasteiger partial charge is 0.484 e. The summed E-state index contributed by atoms with van der Waals surface area (Å²) in [5, 5.41) is 6.40. The Kier molecular flexibility index (Phi) is 10.5. The third kappa shape index (κ3) is 8.29. The first kappa shape index (κ1) is 26.0. The number of guanidine groups is 1. The van der Waals surface area contributed by atoms with Crippen LogP contribution in [-0.4, -0.2) is 92.8 Å². The lowest BCUT2D eigenvalue weighted by Gasteiger charge is -2.32. The molecule has 3 fully saturated rings. The summed E-state index contributed by atoms with van der Waals surface area (Å²) in [6.45, 7) is 9.67. The first-order valence-corrected chi connectivity index (χ1v) is 12.1. The van der Waals surface area contributed by atoms with Crippen LogP contribution in [0.5, 0.6) is 5.75 Å². The standard InChI is InChI=1S/C24H37N5O3.HI/c1-2-25-24(29-12-10-21(17-29)28-13-15-31-16-14-28)26-11-9-19-3-7-22(8-4-19)32-18-23(30)27-20-5-6-20;/h3-4,7-8,20-21H,2,5-6,9-18H2,1H3,(H,25,26)(H,27,30);1H. The number of amides is 1. The van der Waals surface area contributed by atoms with Crippen LogP contribution in [0, 0.1) is 0 Å². The summed E-state index contributed by atoms with van der Waals surface area (Å²) in [5.41, 5.74) is 1.21. The van der Waals surface area contributed by atoms with Gasteiger partial charge in [-0.05, 0) is 50.3 Å². The molecule has 9 heteroatoms. The summed E-state index contributed by atoms with van der Waals surface area (Å²) in [6, 6.07) is 8.94. The summed E-state index contributed by atoms with van der Waals surface area (Å²) in [6.07, 6.45) is 4.23. The molecule has 2 saturated heterocycles. The fourth-order valence-electron chi connectivity index (χ4n) is 4.29. The molecule has 8 nitrogen and oxygen atoms in total. The Balaban J connectivity index is 0.00000306. The van der Waals surface area contributed by atoms with E-state index < -0.39 is 0 Å². The Morgan fingerprint density at radius 1 is 1.15 bits per heavy atom. The number of carbonyl (C=O) groups is 1. The van der Waals surface area contributed by atoms with E-state index in [-0.39, 0.29) is 36.5 Å². The molecule has 0 aromatic heterocycles. The van der Waals surface area contributed by atoms with Gasteiger partial charge in [0, 0.05) is 51.4 Å². The van der Waals surface area contributed by atoms with Crippen molar-refractivity contribution >= 4 is 35.8 Å². The van der Waals surface area contributed by atoms with Crippen molar-refractivity contribution in [2.45, 2.75) is 44.7 Å². The van der Waals surface area contributed by atoms with Gasteiger partial charge in [-0.25, -0.2) is 0 Å². The molecular formula is C24H38IN5O3. The van der Waals surface area contributed by atoms with Gasteiger partial charge in [0.15, 0.2) is 12.6 Å². The van der Waals surface area contributed by atoms with E-state index in [1.807, 2.05) is 12.1 Å². The fourth-order valence-corrected chi connectivity index (χ4v) is 4.29. The number of morpholine rings is 1. The van der Waals surface area contributed by atoms with Crippen molar-refractivity contribution in [2.75, 3.05) is 59.1 Å². The zero-order chi connectivity index (χ0) is 22.2. The molecule has 1 unspecified atom stereocenters. The summed E-state index contributed by atoms with van der Waals surface area (Å²) in [5.74, 6) is 1.70. The van der Waals surface area contributed by atoms with Crippen molar-refractivity contribution < 1.29 is 14.3 Å². The third-order valence-corrected chi connectivity index (χ3v) is 6.26. The van der Waals surface area contributed by atoms with Gasteiger partial charge in [-0.2, -0.15) is 0 Å². The van der Waals surface area contributed by atoms with Crippen LogP contribution >= 0.6 is 24.0 Å². The molecule has 2 aliphatic heterocycles. The zero-order valence-electron chi connectivity index (χ0n) is 19.6. The lowest BCUT2D eigenvalue weighted by molar-refractivity contribution is -0.123. The van der Waals surface area contributed by atoms with Gasteiger partial charge in [0.05, 0.1) is 13.2 Å². The molecule has 2 heterocycles. The molecule has 0 spiro atoms. The van der Waals surface area contributed by atoms with E-state index in [4.69, 9.17) is 14.5 Å². The first-order valence-electron chi connectivity index (χ1n) is 12.1. The number of benzene rings is 1. The number of aliphatic imine (C=N–C) groups is 1. The van der Waals surface area contributed by atoms with Crippen molar-refractivity contribution in [3.05, 3.63) is 29.8 Å². The number of ether oxygens (including phenoxy) is 2. The van der Waals surface area contributed by atoms with E-state index in [1.54, 1.807) is 0 Å². The molecule has 0 radical (unpaired) electrons. The fraction of sp³-hybridized carbons (Fsp3) is 0.667. The van der Waals surface area contributed by atoms with Crippen LogP contribution in [0.1, 0.15) is 31.7 Å². The van der Waals surface area contributed by atoms with Gasteiger partial charge in [-0.1, -0.05) is 12.1 Å². The highest BCUT2D eigenvalue weighted by molar-refractivity contribution is 14.0. The Labute approximate surface area is 214 Å². The molecule has 1 atom stereocenters. The van der Waals surface area contributed by atoms with Gasteiger partial charge >= 0.3 is 0 Å². The number of halogens is 1. The molecule has 0 bridgehead atoms. The average Bonchev–Trinajstić information content (AvgIpc) is 3.50. The van der Waals surface area contributed by atoms with Gasteiger partial charge in [0.1, 0.15) is 5.75 Å². The predicted octanol–water partition coefficient (Wildman–Crippen LogP) is 1.88. The van der Waals surface area contributed by atoms with Gasteiger partial charge in [-0.3, -0.25) is 14.7 Å². The summed E-state index contributed by atoms with van der Waals surface area (Å²) >= 11 is 0. The monoisotopic (exact) mass is 571 g/mol. The van der Waals surface area contributed by atoms with Crippen LogP contribution in [0.4, 0.5) is 0 Å². The smallest absolute Gasteiger partial charge is 0.258 e. The molecular weight excluding hydrogens is 533 g/mol. The van der Waals surface area contributed by atoms with E-state index in [0.29, 0.717) is 12.1 Å². The van der Waals surface area contributed by atoms with Gasteiger partial charge in [0.2, 0.25) is 0 Å². The lowest BCUT2D eigenvalue weighted by Crippen LogP contribution is -2.46. The van der Waals surface area contributed by atoms with E-state index in [1.165, 1.54) is 12.0 Å². The van der Waals surface area contributed by atoms with Crippen molar-refractivity contribution in [1.82, 2.24) is 20.4 Å². The maximum Gasteiger partial charge on any atom is 0.258 e. The number of hydrogen-bond acceptors (Lipinski definition) is 5. The molecule has 1 saturated carbocycles. The Hall–Kier alpha value is -1.59. The maximum atomic E-state index is 11.7. The highest BCUT2D eigenvalue weighted by atomic mass is 127. The van der Waals surface area contributed by atoms with E-state index in [0.717, 1.165) is 83.5 Å². The Morgan fingerprint density at radius 2 is 1.91 bits per heavy atom. The number of nitrogens with zero attached hydrogens (tertiary/aromatic N) is 3. The van der Waals surface area contributed by atoms with Crippen molar-refractivity contribution in [2.24, 2.45) is 4.99 Å². The van der Waals surface area contributed by atoms with Crippen LogP contribution in [0.15, 0.2) is 29.3 Å². The average molecular weight is 572 g/mol. The van der Waals surface area contributed by atoms with Crippen molar-refractivity contribution in [3.63, 3.8) is 0 Å². The first-order chi connectivity index (χ1) is 15.7. The molecule has 2 N–H and O–H groups in total. The minimum Gasteiger partial charge on any atom is -0.484 e. The van der Waals surface area contributed by atoms with Gasteiger partial charge < -0.3 is 25.0 Å². The van der Waals surface area contributed by atoms with Crippen LogP contribution < -0.4 is 15.4 Å². The van der Waals surface area contributed by atoms with Crippen LogP contribution in [0.2, 0.25) is 0 Å². The van der Waals surface area contributed by atoms with E-state index >= 15 is 0 Å². The highest BCUT2D eigenvalue weighted by Crippen LogP contribution is 2.19. The molecule has 1 aromatic rings. The molecule has 1 amide bonds. The number of likely N-dealkylation sites (tertiary alicyclic amines) is 1. The summed E-state index contributed by atoms with van der Waals surface area (Å²) in [7, 11) is 0. The number of nitrogens with one attached hydrogen (secondary N) is 2. The molecule has 3 aliphatic rings. The lowest BCUT2D eigenvalue weighted by atomic mass is 10.1. The molecule has 1 aliphatic carbocycles. The van der Waals surface area contributed by atoms with E-state index in [9.17, 15) is 4.79 Å². The van der Waals surface area contributed by atoms with Crippen molar-refractivity contribution in [3.8, 4) is 5.75 Å². The summed E-state index contributed by atoms with van der Waals surface area (Å²) < 4.78 is 11.1. The number of hydrogen-bond donors (Lipinski definition) is 2. The Morgan fingerprint density at radius 3 is 2.61 bits per heavy atom. The third-order valence-electron chi connectivity index (χ3n) is 6.26. The minimum absolute atomic E-state index is 0. The quantitative estimate of drug-likeness (QED) is 0.268. The van der Waals surface area contributed by atoms with Crippen LogP contribution in [-0.2, 0) is 16.0 Å². The second kappa shape index (κ2) is 13.3. The summed E-state index contributed by atoms with van der Waals surface area (Å²) in [4.78, 5) is 21.6. The SMILES string of the molecule is CCNC(=NCCc1ccc(OCC(=O)NC2CC2)cc1)N1CCC(N2CCOCC2)C1.I. The second-order valence-corrected chi connectivity index (χ2v) is 8.80. The van der Waals surface area contributed by atoms with Gasteiger partial charge in [-0.15, -0.1) is 24.0 Å². The topological polar surface area (TPSA) is 78.4 Å². The number of carbonyl (C=O) groups excluding carboxylic acids is 1. The molecule has 184 valence electrons. The van der Waals surface area contributed by atoms with Crippen molar-refractivity contribution in [1.29, 1.82) is 0 Å². The highest BCUT2D eigenvalue weighted by Gasteiger charge is 2.30. The predicted molar refractivity (Wildman–Crippen MR) is 141 cm³/mol. The molecule has 33 heavy (non-hydrogen) atoms.